The van der Waals surface area contributed by atoms with E-state index in [9.17, 15) is 12.8 Å². The second-order valence-electron chi connectivity index (χ2n) is 4.56. The monoisotopic (exact) mass is 294 g/mol. The summed E-state index contributed by atoms with van der Waals surface area (Å²) in [5, 5.41) is 0. The van der Waals surface area contributed by atoms with E-state index in [4.69, 9.17) is 4.18 Å². The molecule has 0 aliphatic carbocycles. The van der Waals surface area contributed by atoms with Crippen molar-refractivity contribution in [2.24, 2.45) is 0 Å². The molecule has 0 heterocycles. The summed E-state index contributed by atoms with van der Waals surface area (Å²) in [5.41, 5.74) is 1.57. The van der Waals surface area contributed by atoms with Gasteiger partial charge in [0.2, 0.25) is 0 Å². The van der Waals surface area contributed by atoms with Crippen LogP contribution in [-0.2, 0) is 14.3 Å². The topological polar surface area (TPSA) is 43.4 Å². The number of hydrogen-bond acceptors (Lipinski definition) is 3. The predicted molar refractivity (Wildman–Crippen MR) is 74.3 cm³/mol. The first-order valence-electron chi connectivity index (χ1n) is 6.14. The Morgan fingerprint density at radius 1 is 1.00 bits per heavy atom. The van der Waals surface area contributed by atoms with E-state index in [-0.39, 0.29) is 10.7 Å². The lowest BCUT2D eigenvalue weighted by Crippen LogP contribution is -2.10. The minimum atomic E-state index is -3.83. The molecule has 3 nitrogen and oxygen atoms in total. The first kappa shape index (κ1) is 14.7. The highest BCUT2D eigenvalue weighted by Gasteiger charge is 2.19. The molecule has 0 amide bonds. The first-order valence-corrected chi connectivity index (χ1v) is 7.55. The van der Waals surface area contributed by atoms with Gasteiger partial charge in [-0.1, -0.05) is 29.8 Å². The van der Waals surface area contributed by atoms with Gasteiger partial charge < -0.3 is 0 Å². The average molecular weight is 294 g/mol. The molecule has 0 bridgehead atoms. The zero-order valence-electron chi connectivity index (χ0n) is 11.2. The molecule has 2 aromatic carbocycles. The highest BCUT2D eigenvalue weighted by atomic mass is 32.2. The van der Waals surface area contributed by atoms with E-state index in [2.05, 4.69) is 0 Å². The number of rotatable bonds is 4. The van der Waals surface area contributed by atoms with Crippen molar-refractivity contribution in [3.05, 3.63) is 65.5 Å². The van der Waals surface area contributed by atoms with Crippen LogP contribution in [0.4, 0.5) is 4.39 Å². The Morgan fingerprint density at radius 3 is 2.10 bits per heavy atom. The van der Waals surface area contributed by atoms with Gasteiger partial charge in [0, 0.05) is 0 Å². The van der Waals surface area contributed by atoms with Gasteiger partial charge in [-0.15, -0.1) is 0 Å². The van der Waals surface area contributed by atoms with Gasteiger partial charge in [0.25, 0.3) is 10.1 Å². The molecule has 0 aliphatic heterocycles. The van der Waals surface area contributed by atoms with Gasteiger partial charge in [-0.25, -0.2) is 4.39 Å². The van der Waals surface area contributed by atoms with Crippen molar-refractivity contribution >= 4 is 10.1 Å². The van der Waals surface area contributed by atoms with Crippen molar-refractivity contribution in [3.8, 4) is 0 Å². The summed E-state index contributed by atoms with van der Waals surface area (Å²) in [5.74, 6) is -0.373. The van der Waals surface area contributed by atoms with Crippen LogP contribution in [0.1, 0.15) is 24.2 Å². The second-order valence-corrected chi connectivity index (χ2v) is 6.13. The standard InChI is InChI=1S/C15H15FO3S/c1-11-3-9-15(10-4-11)20(17,18)19-12(2)13-5-7-14(16)8-6-13/h3-10,12H,1-2H3. The fraction of sp³-hybridized carbons (Fsp3) is 0.200. The minimum absolute atomic E-state index is 0.108. The van der Waals surface area contributed by atoms with Crippen LogP contribution in [0.2, 0.25) is 0 Å². The Bertz CT molecular complexity index is 676. The van der Waals surface area contributed by atoms with Crippen LogP contribution in [0, 0.1) is 12.7 Å². The van der Waals surface area contributed by atoms with Crippen LogP contribution in [0.25, 0.3) is 0 Å². The van der Waals surface area contributed by atoms with Crippen LogP contribution in [0.3, 0.4) is 0 Å². The van der Waals surface area contributed by atoms with Gasteiger partial charge in [-0.05, 0) is 43.7 Å². The van der Waals surface area contributed by atoms with Crippen LogP contribution < -0.4 is 0 Å². The highest BCUT2D eigenvalue weighted by Crippen LogP contribution is 2.23. The van der Waals surface area contributed by atoms with Crippen molar-refractivity contribution < 1.29 is 17.0 Å². The highest BCUT2D eigenvalue weighted by molar-refractivity contribution is 7.86. The van der Waals surface area contributed by atoms with Crippen LogP contribution in [0.15, 0.2) is 53.4 Å². The van der Waals surface area contributed by atoms with Crippen molar-refractivity contribution in [1.82, 2.24) is 0 Å². The molecule has 1 unspecified atom stereocenters. The van der Waals surface area contributed by atoms with Crippen LogP contribution in [-0.4, -0.2) is 8.42 Å². The summed E-state index contributed by atoms with van der Waals surface area (Å²) in [4.78, 5) is 0.108. The third-order valence-electron chi connectivity index (χ3n) is 2.92. The Kier molecular flexibility index (Phi) is 4.20. The number of benzene rings is 2. The Balaban J connectivity index is 2.19. The van der Waals surface area contributed by atoms with Crippen molar-refractivity contribution in [1.29, 1.82) is 0 Å². The van der Waals surface area contributed by atoms with E-state index in [0.717, 1.165) is 5.56 Å². The Hall–Kier alpha value is -1.72. The van der Waals surface area contributed by atoms with Gasteiger partial charge >= 0.3 is 0 Å². The second kappa shape index (κ2) is 5.73. The zero-order valence-corrected chi connectivity index (χ0v) is 12.0. The van der Waals surface area contributed by atoms with E-state index >= 15 is 0 Å². The third-order valence-corrected chi connectivity index (χ3v) is 4.31. The SMILES string of the molecule is Cc1ccc(S(=O)(=O)OC(C)c2ccc(F)cc2)cc1. The molecule has 0 saturated heterocycles. The predicted octanol–water partition coefficient (Wildman–Crippen LogP) is 3.60. The molecule has 0 aliphatic rings. The number of halogens is 1. The van der Waals surface area contributed by atoms with Crippen molar-refractivity contribution in [2.75, 3.05) is 0 Å². The lowest BCUT2D eigenvalue weighted by molar-refractivity contribution is 0.234. The molecule has 0 N–H and O–H groups in total. The van der Waals surface area contributed by atoms with E-state index in [0.29, 0.717) is 5.56 Å². The van der Waals surface area contributed by atoms with E-state index in [1.54, 1.807) is 19.1 Å². The van der Waals surface area contributed by atoms with Crippen LogP contribution in [0.5, 0.6) is 0 Å². The lowest BCUT2D eigenvalue weighted by Gasteiger charge is -2.13. The normalized spacial score (nSPS) is 13.2. The van der Waals surface area contributed by atoms with Crippen molar-refractivity contribution in [3.63, 3.8) is 0 Å². The molecule has 2 aromatic rings. The molecule has 0 spiro atoms. The van der Waals surface area contributed by atoms with Gasteiger partial charge in [0.15, 0.2) is 0 Å². The van der Waals surface area contributed by atoms with Gasteiger partial charge in [0.1, 0.15) is 5.82 Å². The molecule has 1 atom stereocenters. The average Bonchev–Trinajstić information content (AvgIpc) is 2.39. The molecular formula is C15H15FO3S. The third kappa shape index (κ3) is 3.43. The summed E-state index contributed by atoms with van der Waals surface area (Å²) < 4.78 is 42.2. The van der Waals surface area contributed by atoms with Crippen LogP contribution >= 0.6 is 0 Å². The molecule has 2 rings (SSSR count). The molecule has 0 aromatic heterocycles. The summed E-state index contributed by atoms with van der Waals surface area (Å²) in [6, 6.07) is 12.0. The minimum Gasteiger partial charge on any atom is -0.258 e. The molecular weight excluding hydrogens is 279 g/mol. The maximum absolute atomic E-state index is 12.8. The van der Waals surface area contributed by atoms with Gasteiger partial charge in [0.05, 0.1) is 11.0 Å². The Morgan fingerprint density at radius 2 is 1.55 bits per heavy atom. The molecule has 0 saturated carbocycles. The molecule has 5 heteroatoms. The van der Waals surface area contributed by atoms with E-state index in [1.165, 1.54) is 36.4 Å². The summed E-state index contributed by atoms with van der Waals surface area (Å²) in [6.07, 6.45) is -0.679. The van der Waals surface area contributed by atoms with Gasteiger partial charge in [-0.2, -0.15) is 8.42 Å². The lowest BCUT2D eigenvalue weighted by atomic mass is 10.1. The molecule has 0 fully saturated rings. The maximum Gasteiger partial charge on any atom is 0.297 e. The Labute approximate surface area is 118 Å². The largest absolute Gasteiger partial charge is 0.297 e. The number of aryl methyl sites for hydroxylation is 1. The fourth-order valence-electron chi connectivity index (χ4n) is 1.74. The first-order chi connectivity index (χ1) is 9.38. The molecule has 20 heavy (non-hydrogen) atoms. The zero-order chi connectivity index (χ0) is 14.8. The number of hydrogen-bond donors (Lipinski definition) is 0. The van der Waals surface area contributed by atoms with Crippen molar-refractivity contribution in [2.45, 2.75) is 24.8 Å². The fourth-order valence-corrected chi connectivity index (χ4v) is 2.81. The quantitative estimate of drug-likeness (QED) is 0.809. The summed E-state index contributed by atoms with van der Waals surface area (Å²) >= 11 is 0. The smallest absolute Gasteiger partial charge is 0.258 e. The molecule has 106 valence electrons. The maximum atomic E-state index is 12.8. The van der Waals surface area contributed by atoms with E-state index in [1.807, 2.05) is 6.92 Å². The molecule has 0 radical (unpaired) electrons. The van der Waals surface area contributed by atoms with E-state index < -0.39 is 16.2 Å². The summed E-state index contributed by atoms with van der Waals surface area (Å²) in [7, 11) is -3.83. The van der Waals surface area contributed by atoms with Gasteiger partial charge in [-0.3, -0.25) is 4.18 Å². The summed E-state index contributed by atoms with van der Waals surface area (Å²) in [6.45, 7) is 3.48.